The molecule has 0 atom stereocenters. The Morgan fingerprint density at radius 1 is 1.00 bits per heavy atom. The molecular formula is C23H25N3O5S. The number of para-hydroxylation sites is 1. The molecule has 2 aromatic carbocycles. The fourth-order valence-electron chi connectivity index (χ4n) is 3.79. The number of rotatable bonds is 7. The van der Waals surface area contributed by atoms with Crippen LogP contribution >= 0.6 is 0 Å². The summed E-state index contributed by atoms with van der Waals surface area (Å²) < 4.78 is 32.0. The third-order valence-electron chi connectivity index (χ3n) is 5.46. The van der Waals surface area contributed by atoms with Crippen LogP contribution in [-0.4, -0.2) is 49.3 Å². The number of fused-ring (bicyclic) bond motifs is 1. The van der Waals surface area contributed by atoms with Crippen LogP contribution in [0.5, 0.6) is 0 Å². The molecule has 1 fully saturated rings. The highest BCUT2D eigenvalue weighted by Crippen LogP contribution is 2.22. The van der Waals surface area contributed by atoms with Crippen LogP contribution in [0.1, 0.15) is 24.8 Å². The van der Waals surface area contributed by atoms with Crippen molar-refractivity contribution in [2.45, 2.75) is 30.6 Å². The SMILES string of the molecule is O=C(COC(=O)Cc1c[nH]c2ccccc12)Nc1ccc(S(=O)(=O)N2CCCCC2)cc1. The molecule has 0 spiro atoms. The van der Waals surface area contributed by atoms with E-state index in [4.69, 9.17) is 4.74 Å². The normalized spacial score (nSPS) is 14.9. The number of H-pyrrole nitrogens is 1. The number of piperidine rings is 1. The molecule has 168 valence electrons. The summed E-state index contributed by atoms with van der Waals surface area (Å²) in [4.78, 5) is 27.6. The van der Waals surface area contributed by atoms with E-state index in [1.54, 1.807) is 6.20 Å². The Morgan fingerprint density at radius 3 is 2.47 bits per heavy atom. The Bertz CT molecular complexity index is 1210. The molecular weight excluding hydrogens is 430 g/mol. The largest absolute Gasteiger partial charge is 0.455 e. The van der Waals surface area contributed by atoms with Crippen molar-refractivity contribution in [1.29, 1.82) is 0 Å². The summed E-state index contributed by atoms with van der Waals surface area (Å²) in [6.45, 7) is 0.643. The maximum atomic E-state index is 12.7. The fraction of sp³-hybridized carbons (Fsp3) is 0.304. The van der Waals surface area contributed by atoms with Crippen molar-refractivity contribution < 1.29 is 22.7 Å². The predicted molar refractivity (Wildman–Crippen MR) is 121 cm³/mol. The highest BCUT2D eigenvalue weighted by Gasteiger charge is 2.25. The number of anilines is 1. The van der Waals surface area contributed by atoms with E-state index in [0.717, 1.165) is 35.7 Å². The van der Waals surface area contributed by atoms with Gasteiger partial charge in [0.05, 0.1) is 11.3 Å². The number of nitrogens with one attached hydrogen (secondary N) is 2. The molecule has 1 saturated heterocycles. The van der Waals surface area contributed by atoms with Gasteiger partial charge in [-0.1, -0.05) is 24.6 Å². The first kappa shape index (κ1) is 22.0. The van der Waals surface area contributed by atoms with Crippen molar-refractivity contribution in [3.8, 4) is 0 Å². The first-order valence-corrected chi connectivity index (χ1v) is 12.0. The number of aromatic nitrogens is 1. The lowest BCUT2D eigenvalue weighted by molar-refractivity contribution is -0.146. The summed E-state index contributed by atoms with van der Waals surface area (Å²) in [5.41, 5.74) is 2.16. The molecule has 32 heavy (non-hydrogen) atoms. The van der Waals surface area contributed by atoms with Crippen molar-refractivity contribution in [2.75, 3.05) is 25.0 Å². The monoisotopic (exact) mass is 455 g/mol. The van der Waals surface area contributed by atoms with Crippen molar-refractivity contribution in [1.82, 2.24) is 9.29 Å². The zero-order chi connectivity index (χ0) is 22.6. The van der Waals surface area contributed by atoms with E-state index in [9.17, 15) is 18.0 Å². The summed E-state index contributed by atoms with van der Waals surface area (Å²) in [7, 11) is -3.52. The number of benzene rings is 2. The Morgan fingerprint density at radius 2 is 1.72 bits per heavy atom. The first-order chi connectivity index (χ1) is 15.4. The minimum atomic E-state index is -3.52. The number of hydrogen-bond acceptors (Lipinski definition) is 5. The molecule has 4 rings (SSSR count). The molecule has 2 heterocycles. The van der Waals surface area contributed by atoms with Gasteiger partial charge in [-0.2, -0.15) is 4.31 Å². The van der Waals surface area contributed by atoms with Crippen LogP contribution in [0.2, 0.25) is 0 Å². The number of aromatic amines is 1. The average molecular weight is 456 g/mol. The number of ether oxygens (including phenoxy) is 1. The Labute approximate surface area is 186 Å². The van der Waals surface area contributed by atoms with Crippen LogP contribution in [0.3, 0.4) is 0 Å². The van der Waals surface area contributed by atoms with Crippen LogP contribution in [-0.2, 0) is 30.8 Å². The summed E-state index contributed by atoms with van der Waals surface area (Å²) in [5, 5.41) is 3.55. The molecule has 0 unspecified atom stereocenters. The maximum Gasteiger partial charge on any atom is 0.310 e. The number of sulfonamides is 1. The van der Waals surface area contributed by atoms with E-state index >= 15 is 0 Å². The molecule has 1 amide bonds. The van der Waals surface area contributed by atoms with Crippen molar-refractivity contribution >= 4 is 38.5 Å². The van der Waals surface area contributed by atoms with Crippen LogP contribution in [0, 0.1) is 0 Å². The van der Waals surface area contributed by atoms with E-state index < -0.39 is 28.5 Å². The summed E-state index contributed by atoms with van der Waals surface area (Å²) in [6, 6.07) is 13.6. The number of esters is 1. The van der Waals surface area contributed by atoms with Gasteiger partial charge in [0.15, 0.2) is 6.61 Å². The molecule has 0 radical (unpaired) electrons. The molecule has 0 aliphatic carbocycles. The van der Waals surface area contributed by atoms with Gasteiger partial charge >= 0.3 is 5.97 Å². The van der Waals surface area contributed by atoms with Gasteiger partial charge in [-0.05, 0) is 48.7 Å². The summed E-state index contributed by atoms with van der Waals surface area (Å²) in [6.07, 6.45) is 4.59. The molecule has 1 aliphatic rings. The molecule has 8 nitrogen and oxygen atoms in total. The van der Waals surface area contributed by atoms with E-state index in [2.05, 4.69) is 10.3 Å². The van der Waals surface area contributed by atoms with Crippen LogP contribution in [0.25, 0.3) is 10.9 Å². The number of carbonyl (C=O) groups excluding carboxylic acids is 2. The molecule has 9 heteroatoms. The Balaban J connectivity index is 1.29. The van der Waals surface area contributed by atoms with Gasteiger partial charge in [-0.3, -0.25) is 9.59 Å². The van der Waals surface area contributed by atoms with Gasteiger partial charge in [-0.15, -0.1) is 0 Å². The highest BCUT2D eigenvalue weighted by atomic mass is 32.2. The molecule has 1 aromatic heterocycles. The smallest absolute Gasteiger partial charge is 0.310 e. The number of hydrogen-bond donors (Lipinski definition) is 2. The molecule has 2 N–H and O–H groups in total. The second-order valence-electron chi connectivity index (χ2n) is 7.73. The second kappa shape index (κ2) is 9.54. The lowest BCUT2D eigenvalue weighted by Crippen LogP contribution is -2.35. The Kier molecular flexibility index (Phi) is 6.57. The molecule has 1 aliphatic heterocycles. The standard InChI is InChI=1S/C23H25N3O5S/c27-22(16-31-23(28)14-17-15-24-21-7-3-2-6-20(17)21)25-18-8-10-19(11-9-18)32(29,30)26-12-4-1-5-13-26/h2-3,6-11,15,24H,1,4-5,12-14,16H2,(H,25,27). The van der Waals surface area contributed by atoms with Gasteiger partial charge in [0.2, 0.25) is 10.0 Å². The van der Waals surface area contributed by atoms with Crippen molar-refractivity contribution in [2.24, 2.45) is 0 Å². The second-order valence-corrected chi connectivity index (χ2v) is 9.67. The van der Waals surface area contributed by atoms with Gasteiger partial charge in [0.25, 0.3) is 5.91 Å². The highest BCUT2D eigenvalue weighted by molar-refractivity contribution is 7.89. The van der Waals surface area contributed by atoms with Gasteiger partial charge in [0.1, 0.15) is 0 Å². The minimum absolute atomic E-state index is 0.0559. The van der Waals surface area contributed by atoms with E-state index in [0.29, 0.717) is 18.8 Å². The number of nitrogens with zero attached hydrogens (tertiary/aromatic N) is 1. The molecule has 3 aromatic rings. The van der Waals surface area contributed by atoms with E-state index in [1.807, 2.05) is 24.3 Å². The maximum absolute atomic E-state index is 12.7. The topological polar surface area (TPSA) is 109 Å². The fourth-order valence-corrected chi connectivity index (χ4v) is 5.31. The lowest BCUT2D eigenvalue weighted by Gasteiger charge is -2.25. The quantitative estimate of drug-likeness (QED) is 0.532. The third-order valence-corrected chi connectivity index (χ3v) is 7.38. The zero-order valence-corrected chi connectivity index (χ0v) is 18.4. The molecule has 0 bridgehead atoms. The number of carbonyl (C=O) groups is 2. The van der Waals surface area contributed by atoms with Gasteiger partial charge in [-0.25, -0.2) is 8.42 Å². The van der Waals surface area contributed by atoms with Crippen LogP contribution in [0.15, 0.2) is 59.6 Å². The van der Waals surface area contributed by atoms with Crippen LogP contribution < -0.4 is 5.32 Å². The zero-order valence-electron chi connectivity index (χ0n) is 17.5. The molecule has 0 saturated carbocycles. The van der Waals surface area contributed by atoms with Gasteiger partial charge in [0, 0.05) is 35.9 Å². The van der Waals surface area contributed by atoms with Crippen molar-refractivity contribution in [3.63, 3.8) is 0 Å². The van der Waals surface area contributed by atoms with Crippen LogP contribution in [0.4, 0.5) is 5.69 Å². The average Bonchev–Trinajstić information content (AvgIpc) is 3.21. The predicted octanol–water partition coefficient (Wildman–Crippen LogP) is 3.07. The Hall–Kier alpha value is -3.17. The van der Waals surface area contributed by atoms with E-state index in [1.165, 1.54) is 28.6 Å². The summed E-state index contributed by atoms with van der Waals surface area (Å²) in [5.74, 6) is -1.00. The van der Waals surface area contributed by atoms with Gasteiger partial charge < -0.3 is 15.0 Å². The first-order valence-electron chi connectivity index (χ1n) is 10.5. The minimum Gasteiger partial charge on any atom is -0.455 e. The third kappa shape index (κ3) is 5.00. The lowest BCUT2D eigenvalue weighted by atomic mass is 10.1. The summed E-state index contributed by atoms with van der Waals surface area (Å²) >= 11 is 0. The van der Waals surface area contributed by atoms with Crippen molar-refractivity contribution in [3.05, 3.63) is 60.3 Å². The number of amides is 1. The van der Waals surface area contributed by atoms with E-state index in [-0.39, 0.29) is 11.3 Å².